The Hall–Kier alpha value is -3.40. The first kappa shape index (κ1) is 16.1. The zero-order valence-corrected chi connectivity index (χ0v) is 14.3. The maximum Gasteiger partial charge on any atom is 0.264 e. The minimum atomic E-state index is -0.580. The molecule has 0 aromatic carbocycles. The highest BCUT2D eigenvalue weighted by Crippen LogP contribution is 2.34. The number of hydrogen-bond donors (Lipinski definition) is 2. The molecule has 0 unspecified atom stereocenters. The van der Waals surface area contributed by atoms with Gasteiger partial charge in [0.2, 0.25) is 0 Å². The largest absolute Gasteiger partial charge is 0.381 e. The van der Waals surface area contributed by atoms with Crippen molar-refractivity contribution in [3.63, 3.8) is 0 Å². The number of amides is 1. The predicted molar refractivity (Wildman–Crippen MR) is 95.4 cm³/mol. The fourth-order valence-electron chi connectivity index (χ4n) is 2.62. The molecule has 4 heterocycles. The number of fused-ring (bicyclic) bond motifs is 1. The van der Waals surface area contributed by atoms with Crippen LogP contribution in [-0.4, -0.2) is 29.9 Å². The van der Waals surface area contributed by atoms with Gasteiger partial charge in [-0.15, -0.1) is 5.10 Å². The van der Waals surface area contributed by atoms with Crippen molar-refractivity contribution in [3.05, 3.63) is 54.0 Å². The summed E-state index contributed by atoms with van der Waals surface area (Å²) in [5.41, 5.74) is 8.47. The van der Waals surface area contributed by atoms with E-state index < -0.39 is 11.7 Å². The maximum absolute atomic E-state index is 13.3. The molecule has 10 heteroatoms. The Balaban J connectivity index is 1.74. The van der Waals surface area contributed by atoms with Crippen molar-refractivity contribution in [3.8, 4) is 11.1 Å². The fraction of sp³-hybridized carbons (Fsp3) is 0.0625. The van der Waals surface area contributed by atoms with Gasteiger partial charge in [0.05, 0.1) is 18.1 Å². The zero-order valence-electron chi connectivity index (χ0n) is 13.5. The predicted octanol–water partition coefficient (Wildman–Crippen LogP) is 2.53. The van der Waals surface area contributed by atoms with E-state index in [9.17, 15) is 9.18 Å². The van der Waals surface area contributed by atoms with Crippen molar-refractivity contribution in [1.29, 1.82) is 0 Å². The van der Waals surface area contributed by atoms with Crippen molar-refractivity contribution >= 4 is 33.9 Å². The Morgan fingerprint density at radius 1 is 1.38 bits per heavy atom. The summed E-state index contributed by atoms with van der Waals surface area (Å²) < 4.78 is 18.7. The summed E-state index contributed by atoms with van der Waals surface area (Å²) in [6.07, 6.45) is 5.47. The van der Waals surface area contributed by atoms with Crippen LogP contribution in [-0.2, 0) is 0 Å². The minimum absolute atomic E-state index is 0.0373. The van der Waals surface area contributed by atoms with Gasteiger partial charge in [-0.05, 0) is 24.5 Å². The number of carbonyl (C=O) groups excluding carboxylic acids is 1. The van der Waals surface area contributed by atoms with Crippen LogP contribution in [0.2, 0.25) is 0 Å². The summed E-state index contributed by atoms with van der Waals surface area (Å²) in [5, 5.41) is 7.29. The molecule has 0 saturated carbocycles. The summed E-state index contributed by atoms with van der Waals surface area (Å²) in [5.74, 6) is -1.11. The molecule has 0 spiro atoms. The van der Waals surface area contributed by atoms with E-state index in [1.165, 1.54) is 0 Å². The van der Waals surface area contributed by atoms with Crippen molar-refractivity contribution in [2.45, 2.75) is 6.92 Å². The Labute approximate surface area is 150 Å². The van der Waals surface area contributed by atoms with Crippen LogP contribution in [0.4, 0.5) is 15.2 Å². The molecule has 26 heavy (non-hydrogen) atoms. The average Bonchev–Trinajstić information content (AvgIpc) is 3.14. The number of hydrogen-bond acceptors (Lipinski definition) is 7. The molecule has 0 bridgehead atoms. The third-order valence-electron chi connectivity index (χ3n) is 3.74. The normalized spacial score (nSPS) is 11.0. The Bertz CT molecular complexity index is 1120. The van der Waals surface area contributed by atoms with Crippen LogP contribution < -0.4 is 11.1 Å². The summed E-state index contributed by atoms with van der Waals surface area (Å²) in [4.78, 5) is 20.8. The quantitative estimate of drug-likeness (QED) is 0.574. The molecule has 0 fully saturated rings. The van der Waals surface area contributed by atoms with E-state index in [1.807, 2.05) is 13.0 Å². The van der Waals surface area contributed by atoms with Gasteiger partial charge in [0.15, 0.2) is 17.3 Å². The molecule has 0 aliphatic carbocycles. The summed E-state index contributed by atoms with van der Waals surface area (Å²) in [6, 6.07) is 3.69. The monoisotopic (exact) mass is 369 g/mol. The van der Waals surface area contributed by atoms with Gasteiger partial charge in [0.25, 0.3) is 5.91 Å². The lowest BCUT2D eigenvalue weighted by atomic mass is 10.1. The molecule has 0 atom stereocenters. The summed E-state index contributed by atoms with van der Waals surface area (Å²) >= 11 is 1.15. The van der Waals surface area contributed by atoms with E-state index in [2.05, 4.69) is 24.8 Å². The molecule has 4 aromatic heterocycles. The van der Waals surface area contributed by atoms with Crippen LogP contribution in [0.1, 0.15) is 16.1 Å². The van der Waals surface area contributed by atoms with Crippen LogP contribution in [0.5, 0.6) is 0 Å². The van der Waals surface area contributed by atoms with Crippen molar-refractivity contribution in [1.82, 2.24) is 24.0 Å². The topological polar surface area (TPSA) is 111 Å². The molecule has 1 amide bonds. The lowest BCUT2D eigenvalue weighted by molar-refractivity contribution is 0.102. The maximum atomic E-state index is 13.3. The van der Waals surface area contributed by atoms with Crippen LogP contribution >= 0.6 is 11.5 Å². The van der Waals surface area contributed by atoms with E-state index in [0.29, 0.717) is 5.00 Å². The third kappa shape index (κ3) is 2.65. The second-order valence-corrected chi connectivity index (χ2v) is 6.24. The van der Waals surface area contributed by atoms with Crippen LogP contribution in [0, 0.1) is 12.7 Å². The number of carbonyl (C=O) groups is 1. The van der Waals surface area contributed by atoms with Crippen molar-refractivity contribution < 1.29 is 9.18 Å². The first-order valence-electron chi connectivity index (χ1n) is 7.52. The lowest BCUT2D eigenvalue weighted by Gasteiger charge is -2.06. The van der Waals surface area contributed by atoms with Crippen LogP contribution in [0.25, 0.3) is 16.8 Å². The van der Waals surface area contributed by atoms with Gasteiger partial charge >= 0.3 is 0 Å². The number of anilines is 2. The van der Waals surface area contributed by atoms with Crippen LogP contribution in [0.15, 0.2) is 36.9 Å². The van der Waals surface area contributed by atoms with Gasteiger partial charge < -0.3 is 11.1 Å². The molecular formula is C16H12FN7OS. The molecule has 0 saturated heterocycles. The number of rotatable bonds is 3. The summed E-state index contributed by atoms with van der Waals surface area (Å²) in [6.45, 7) is 1.85. The minimum Gasteiger partial charge on any atom is -0.381 e. The highest BCUT2D eigenvalue weighted by Gasteiger charge is 2.22. The smallest absolute Gasteiger partial charge is 0.264 e. The first-order chi connectivity index (χ1) is 12.5. The summed E-state index contributed by atoms with van der Waals surface area (Å²) in [7, 11) is 0. The molecular weight excluding hydrogens is 357 g/mol. The SMILES string of the molecule is Cc1nsc(NC(=O)c2c(N)nn3cc(F)cnc23)c1-c1cccnc1. The Morgan fingerprint density at radius 3 is 3.00 bits per heavy atom. The third-order valence-corrected chi connectivity index (χ3v) is 4.59. The van der Waals surface area contributed by atoms with E-state index >= 15 is 0 Å². The molecule has 0 radical (unpaired) electrons. The standard InChI is InChI=1S/C16H12FN7OS/c1-8-11(9-3-2-4-19-5-9)16(26-23-8)21-15(25)12-13(18)22-24-7-10(17)6-20-14(12)24/h2-7H,1H3,(H2,18,22)(H,21,25). The second kappa shape index (κ2) is 6.15. The van der Waals surface area contributed by atoms with Gasteiger partial charge in [0, 0.05) is 23.5 Å². The number of nitrogens with one attached hydrogen (secondary N) is 1. The molecule has 3 N–H and O–H groups in total. The average molecular weight is 369 g/mol. The highest BCUT2D eigenvalue weighted by molar-refractivity contribution is 7.11. The van der Waals surface area contributed by atoms with Gasteiger partial charge in [-0.2, -0.15) is 4.37 Å². The highest BCUT2D eigenvalue weighted by atomic mass is 32.1. The molecule has 8 nitrogen and oxygen atoms in total. The number of nitrogen functional groups attached to an aromatic ring is 1. The molecule has 0 aliphatic heterocycles. The number of aromatic nitrogens is 5. The lowest BCUT2D eigenvalue weighted by Crippen LogP contribution is -2.13. The first-order valence-corrected chi connectivity index (χ1v) is 8.29. The van der Waals surface area contributed by atoms with Crippen molar-refractivity contribution in [2.24, 2.45) is 0 Å². The molecule has 4 rings (SSSR count). The fourth-order valence-corrected chi connectivity index (χ4v) is 3.43. The second-order valence-electron chi connectivity index (χ2n) is 5.47. The number of nitrogens with zero attached hydrogens (tertiary/aromatic N) is 5. The molecule has 0 aliphatic rings. The van der Waals surface area contributed by atoms with E-state index in [-0.39, 0.29) is 17.0 Å². The van der Waals surface area contributed by atoms with Crippen LogP contribution in [0.3, 0.4) is 0 Å². The van der Waals surface area contributed by atoms with Gasteiger partial charge in [0.1, 0.15) is 10.6 Å². The zero-order chi connectivity index (χ0) is 18.3. The van der Waals surface area contributed by atoms with E-state index in [1.54, 1.807) is 18.5 Å². The number of pyridine rings is 1. The van der Waals surface area contributed by atoms with Crippen molar-refractivity contribution in [2.75, 3.05) is 11.1 Å². The van der Waals surface area contributed by atoms with E-state index in [0.717, 1.165) is 45.3 Å². The molecule has 4 aromatic rings. The molecule has 130 valence electrons. The Morgan fingerprint density at radius 2 is 2.23 bits per heavy atom. The van der Waals surface area contributed by atoms with Gasteiger partial charge in [-0.25, -0.2) is 13.9 Å². The number of nitrogens with two attached hydrogens (primary N) is 1. The van der Waals surface area contributed by atoms with Gasteiger partial charge in [-0.1, -0.05) is 6.07 Å². The van der Waals surface area contributed by atoms with E-state index in [4.69, 9.17) is 5.73 Å². The number of aryl methyl sites for hydroxylation is 1. The van der Waals surface area contributed by atoms with Gasteiger partial charge in [-0.3, -0.25) is 9.78 Å². The Kier molecular flexibility index (Phi) is 3.81. The number of halogens is 1.